The Bertz CT molecular complexity index is 574. The summed E-state index contributed by atoms with van der Waals surface area (Å²) < 4.78 is 0. The summed E-state index contributed by atoms with van der Waals surface area (Å²) in [6.07, 6.45) is 7.65. The van der Waals surface area contributed by atoms with Gasteiger partial charge in [0, 0.05) is 12.5 Å². The highest BCUT2D eigenvalue weighted by molar-refractivity contribution is 6.00. The van der Waals surface area contributed by atoms with Gasteiger partial charge in [-0.25, -0.2) is 5.06 Å². The monoisotopic (exact) mass is 395 g/mol. The Kier molecular flexibility index (Phi) is 8.41. The first-order chi connectivity index (χ1) is 13.3. The zero-order valence-corrected chi connectivity index (χ0v) is 16.9. The summed E-state index contributed by atoms with van der Waals surface area (Å²) in [6, 6.07) is -0.674. The van der Waals surface area contributed by atoms with Crippen LogP contribution in [0.1, 0.15) is 65.2 Å². The van der Waals surface area contributed by atoms with Crippen LogP contribution in [0.5, 0.6) is 0 Å². The molecule has 2 fully saturated rings. The van der Waals surface area contributed by atoms with E-state index in [1.807, 2.05) is 0 Å². The lowest BCUT2D eigenvalue weighted by Gasteiger charge is -2.32. The fraction of sp³-hybridized carbons (Fsp3) is 0.800. The van der Waals surface area contributed by atoms with E-state index in [1.165, 1.54) is 11.3 Å². The second-order valence-electron chi connectivity index (χ2n) is 8.36. The minimum absolute atomic E-state index is 0.0748. The molecule has 0 aromatic carbocycles. The van der Waals surface area contributed by atoms with Gasteiger partial charge in [-0.1, -0.05) is 46.0 Å². The third kappa shape index (κ3) is 6.02. The zero-order valence-electron chi connectivity index (χ0n) is 16.9. The van der Waals surface area contributed by atoms with E-state index in [0.29, 0.717) is 43.2 Å². The molecule has 28 heavy (non-hydrogen) atoms. The van der Waals surface area contributed by atoms with Gasteiger partial charge in [0.1, 0.15) is 6.04 Å². The second kappa shape index (κ2) is 10.5. The van der Waals surface area contributed by atoms with Gasteiger partial charge in [-0.05, 0) is 25.2 Å². The van der Waals surface area contributed by atoms with Gasteiger partial charge >= 0.3 is 0 Å². The SMILES string of the molecule is CC(C)C(=O)NC(=O)C1CCCN1C(=O)C(CC1CCCCC1)CN(O)C=O. The minimum atomic E-state index is -0.674. The van der Waals surface area contributed by atoms with E-state index in [-0.39, 0.29) is 24.3 Å². The van der Waals surface area contributed by atoms with Crippen molar-refractivity contribution in [3.8, 4) is 0 Å². The van der Waals surface area contributed by atoms with Gasteiger partial charge in [-0.2, -0.15) is 0 Å². The predicted molar refractivity (Wildman–Crippen MR) is 102 cm³/mol. The van der Waals surface area contributed by atoms with Gasteiger partial charge in [0.15, 0.2) is 0 Å². The van der Waals surface area contributed by atoms with Crippen LogP contribution in [0.15, 0.2) is 0 Å². The molecule has 4 amide bonds. The van der Waals surface area contributed by atoms with E-state index < -0.39 is 17.9 Å². The maximum absolute atomic E-state index is 13.2. The van der Waals surface area contributed by atoms with Crippen molar-refractivity contribution in [2.24, 2.45) is 17.8 Å². The second-order valence-corrected chi connectivity index (χ2v) is 8.36. The highest BCUT2D eigenvalue weighted by atomic mass is 16.5. The zero-order chi connectivity index (χ0) is 20.7. The van der Waals surface area contributed by atoms with E-state index in [0.717, 1.165) is 25.7 Å². The molecule has 0 bridgehead atoms. The normalized spacial score (nSPS) is 21.4. The Morgan fingerprint density at radius 2 is 1.82 bits per heavy atom. The van der Waals surface area contributed by atoms with Crippen molar-refractivity contribution in [2.45, 2.75) is 71.3 Å². The molecule has 0 aromatic rings. The standard InChI is InChI=1S/C20H33N3O5/c1-14(2)18(25)21-19(26)17-9-6-10-23(17)20(27)16(12-22(28)13-24)11-15-7-4-3-5-8-15/h13-17,28H,3-12H2,1-2H3,(H,21,25,26). The Morgan fingerprint density at radius 1 is 1.14 bits per heavy atom. The molecular weight excluding hydrogens is 362 g/mol. The molecule has 1 heterocycles. The van der Waals surface area contributed by atoms with E-state index in [2.05, 4.69) is 5.32 Å². The molecule has 2 aliphatic rings. The van der Waals surface area contributed by atoms with Crippen LogP contribution in [0.2, 0.25) is 0 Å². The number of nitrogens with zero attached hydrogens (tertiary/aromatic N) is 2. The summed E-state index contributed by atoms with van der Waals surface area (Å²) in [5.41, 5.74) is 0. The molecule has 1 aliphatic carbocycles. The fourth-order valence-corrected chi connectivity index (χ4v) is 4.23. The summed E-state index contributed by atoms with van der Waals surface area (Å²) >= 11 is 0. The number of rotatable bonds is 8. The summed E-state index contributed by atoms with van der Waals surface area (Å²) in [5.74, 6) is -1.50. The van der Waals surface area contributed by atoms with Crippen LogP contribution in [-0.2, 0) is 19.2 Å². The fourth-order valence-electron chi connectivity index (χ4n) is 4.23. The average molecular weight is 396 g/mol. The topological polar surface area (TPSA) is 107 Å². The molecule has 2 unspecified atom stereocenters. The number of hydrogen-bond donors (Lipinski definition) is 2. The number of hydrogen-bond acceptors (Lipinski definition) is 5. The molecule has 1 saturated carbocycles. The summed E-state index contributed by atoms with van der Waals surface area (Å²) in [5, 5.41) is 12.6. The van der Waals surface area contributed by atoms with Gasteiger partial charge in [0.25, 0.3) is 0 Å². The van der Waals surface area contributed by atoms with Crippen molar-refractivity contribution < 1.29 is 24.4 Å². The Labute approximate surface area is 166 Å². The Balaban J connectivity index is 2.08. The average Bonchev–Trinajstić information content (AvgIpc) is 3.17. The van der Waals surface area contributed by atoms with Crippen molar-refractivity contribution in [3.63, 3.8) is 0 Å². The van der Waals surface area contributed by atoms with Crippen molar-refractivity contribution in [1.29, 1.82) is 0 Å². The molecular formula is C20H33N3O5. The number of carbonyl (C=O) groups is 4. The molecule has 2 atom stereocenters. The quantitative estimate of drug-likeness (QED) is 0.370. The number of nitrogens with one attached hydrogen (secondary N) is 1. The van der Waals surface area contributed by atoms with E-state index in [9.17, 15) is 24.4 Å². The molecule has 8 heteroatoms. The number of likely N-dealkylation sites (tertiary alicyclic amines) is 1. The van der Waals surface area contributed by atoms with Crippen LogP contribution in [0.4, 0.5) is 0 Å². The molecule has 0 spiro atoms. The molecule has 8 nitrogen and oxygen atoms in total. The summed E-state index contributed by atoms with van der Waals surface area (Å²) in [4.78, 5) is 50.0. The van der Waals surface area contributed by atoms with Crippen molar-refractivity contribution >= 4 is 24.1 Å². The maximum Gasteiger partial charge on any atom is 0.249 e. The third-order valence-corrected chi connectivity index (χ3v) is 5.83. The lowest BCUT2D eigenvalue weighted by Crippen LogP contribution is -2.51. The molecule has 2 N–H and O–H groups in total. The molecule has 1 aliphatic heterocycles. The van der Waals surface area contributed by atoms with Crippen LogP contribution in [0.3, 0.4) is 0 Å². The van der Waals surface area contributed by atoms with E-state index in [4.69, 9.17) is 0 Å². The Morgan fingerprint density at radius 3 is 2.43 bits per heavy atom. The number of imide groups is 1. The van der Waals surface area contributed by atoms with Gasteiger partial charge < -0.3 is 4.90 Å². The maximum atomic E-state index is 13.2. The van der Waals surface area contributed by atoms with Gasteiger partial charge in [0.05, 0.1) is 12.5 Å². The van der Waals surface area contributed by atoms with E-state index in [1.54, 1.807) is 13.8 Å². The van der Waals surface area contributed by atoms with Gasteiger partial charge in [-0.15, -0.1) is 0 Å². The largest absolute Gasteiger partial charge is 0.330 e. The van der Waals surface area contributed by atoms with Crippen LogP contribution < -0.4 is 5.32 Å². The molecule has 158 valence electrons. The van der Waals surface area contributed by atoms with Crippen molar-refractivity contribution in [2.75, 3.05) is 13.1 Å². The molecule has 0 radical (unpaired) electrons. The van der Waals surface area contributed by atoms with E-state index >= 15 is 0 Å². The number of amides is 4. The summed E-state index contributed by atoms with van der Waals surface area (Å²) in [7, 11) is 0. The Hall–Kier alpha value is -1.96. The number of hydroxylamine groups is 2. The lowest BCUT2D eigenvalue weighted by molar-refractivity contribution is -0.158. The first-order valence-electron chi connectivity index (χ1n) is 10.4. The lowest BCUT2D eigenvalue weighted by atomic mass is 9.82. The van der Waals surface area contributed by atoms with Crippen molar-refractivity contribution in [3.05, 3.63) is 0 Å². The third-order valence-electron chi connectivity index (χ3n) is 5.83. The van der Waals surface area contributed by atoms with Crippen molar-refractivity contribution in [1.82, 2.24) is 15.3 Å². The highest BCUT2D eigenvalue weighted by Gasteiger charge is 2.39. The van der Waals surface area contributed by atoms with Crippen LogP contribution >= 0.6 is 0 Å². The molecule has 2 rings (SSSR count). The summed E-state index contributed by atoms with van der Waals surface area (Å²) in [6.45, 7) is 3.78. The first kappa shape index (κ1) is 22.3. The van der Waals surface area contributed by atoms with Gasteiger partial charge in [0.2, 0.25) is 24.1 Å². The molecule has 0 aromatic heterocycles. The van der Waals surface area contributed by atoms with Gasteiger partial charge in [-0.3, -0.25) is 29.7 Å². The van der Waals surface area contributed by atoms with Crippen LogP contribution in [0.25, 0.3) is 0 Å². The number of carbonyl (C=O) groups excluding carboxylic acids is 4. The smallest absolute Gasteiger partial charge is 0.249 e. The van der Waals surface area contributed by atoms with Crippen LogP contribution in [-0.4, -0.2) is 58.4 Å². The van der Waals surface area contributed by atoms with Crippen LogP contribution in [0, 0.1) is 17.8 Å². The molecule has 1 saturated heterocycles. The highest BCUT2D eigenvalue weighted by Crippen LogP contribution is 2.31. The predicted octanol–water partition coefficient (Wildman–Crippen LogP) is 1.71. The first-order valence-corrected chi connectivity index (χ1v) is 10.4. The minimum Gasteiger partial charge on any atom is -0.330 e.